The topological polar surface area (TPSA) is 104 Å². The van der Waals surface area contributed by atoms with E-state index in [0.29, 0.717) is 29.5 Å². The summed E-state index contributed by atoms with van der Waals surface area (Å²) in [5.41, 5.74) is 1.71. The van der Waals surface area contributed by atoms with Crippen LogP contribution >= 0.6 is 34.3 Å². The Labute approximate surface area is 187 Å². The summed E-state index contributed by atoms with van der Waals surface area (Å²) in [5.74, 6) is -0.368. The van der Waals surface area contributed by atoms with Gasteiger partial charge in [0, 0.05) is 13.1 Å². The number of phenolic OH excluding ortho intramolecular Hbond substituents is 2. The number of hydrogen-bond donors (Lipinski definition) is 3. The van der Waals surface area contributed by atoms with Crippen LogP contribution < -0.4 is 10.1 Å². The smallest absolute Gasteiger partial charge is 0.294 e. The predicted molar refractivity (Wildman–Crippen MR) is 118 cm³/mol. The van der Waals surface area contributed by atoms with Crippen LogP contribution in [0.2, 0.25) is 5.15 Å². The number of hydrogen-bond acceptors (Lipinski definition) is 7. The molecule has 1 aromatic carbocycles. The van der Waals surface area contributed by atoms with Crippen molar-refractivity contribution in [3.63, 3.8) is 0 Å². The van der Waals surface area contributed by atoms with Gasteiger partial charge in [0.15, 0.2) is 11.5 Å². The molecule has 3 aromatic rings. The van der Waals surface area contributed by atoms with Crippen LogP contribution in [0.15, 0.2) is 38.3 Å². The van der Waals surface area contributed by atoms with Crippen LogP contribution in [0.25, 0.3) is 0 Å². The zero-order valence-electron chi connectivity index (χ0n) is 16.0. The van der Waals surface area contributed by atoms with Crippen LogP contribution in [0.5, 0.6) is 11.5 Å². The van der Waals surface area contributed by atoms with Crippen molar-refractivity contribution in [3.05, 3.63) is 55.6 Å². The van der Waals surface area contributed by atoms with E-state index in [1.165, 1.54) is 23.5 Å². The average Bonchev–Trinajstić information content (AvgIpc) is 3.34. The zero-order chi connectivity index (χ0) is 21.5. The Morgan fingerprint density at radius 1 is 1.33 bits per heavy atom. The SMILES string of the molecule is CCCn1c(Cl)c(C2NCCc3cc(O)c(O)cc32)sc1=NS(=O)(=O)c1cccs1. The molecule has 0 saturated carbocycles. The van der Waals surface area contributed by atoms with Crippen LogP contribution in [-0.2, 0) is 23.0 Å². The molecule has 0 amide bonds. The molecule has 4 rings (SSSR count). The highest BCUT2D eigenvalue weighted by atomic mass is 35.5. The number of phenols is 2. The fourth-order valence-electron chi connectivity index (χ4n) is 3.45. The molecular weight excluding hydrogens is 466 g/mol. The molecule has 3 heterocycles. The van der Waals surface area contributed by atoms with E-state index >= 15 is 0 Å². The molecule has 1 aliphatic heterocycles. The first-order valence-corrected chi connectivity index (χ1v) is 12.8. The van der Waals surface area contributed by atoms with Crippen molar-refractivity contribution in [2.24, 2.45) is 4.40 Å². The summed E-state index contributed by atoms with van der Waals surface area (Å²) in [6.45, 7) is 3.16. The molecule has 1 atom stereocenters. The molecule has 0 aliphatic carbocycles. The van der Waals surface area contributed by atoms with Crippen LogP contribution in [0.4, 0.5) is 0 Å². The van der Waals surface area contributed by atoms with E-state index in [9.17, 15) is 18.6 Å². The Morgan fingerprint density at radius 3 is 2.80 bits per heavy atom. The lowest BCUT2D eigenvalue weighted by Gasteiger charge is -2.26. The molecule has 7 nitrogen and oxygen atoms in total. The lowest BCUT2D eigenvalue weighted by Crippen LogP contribution is -2.30. The molecule has 30 heavy (non-hydrogen) atoms. The van der Waals surface area contributed by atoms with Gasteiger partial charge in [0.1, 0.15) is 9.36 Å². The molecule has 160 valence electrons. The van der Waals surface area contributed by atoms with Crippen molar-refractivity contribution in [1.82, 2.24) is 9.88 Å². The Hall–Kier alpha value is -1.85. The first-order chi connectivity index (χ1) is 14.3. The minimum absolute atomic E-state index is 0.162. The largest absolute Gasteiger partial charge is 0.504 e. The van der Waals surface area contributed by atoms with Gasteiger partial charge >= 0.3 is 0 Å². The molecule has 0 bridgehead atoms. The van der Waals surface area contributed by atoms with Crippen molar-refractivity contribution in [1.29, 1.82) is 0 Å². The maximum Gasteiger partial charge on any atom is 0.294 e. The van der Waals surface area contributed by atoms with Gasteiger partial charge in [-0.15, -0.1) is 15.7 Å². The lowest BCUT2D eigenvalue weighted by molar-refractivity contribution is 0.400. The van der Waals surface area contributed by atoms with E-state index in [1.54, 1.807) is 22.1 Å². The first-order valence-electron chi connectivity index (χ1n) is 9.33. The summed E-state index contributed by atoms with van der Waals surface area (Å²) in [5, 5.41) is 25.3. The summed E-state index contributed by atoms with van der Waals surface area (Å²) >= 11 is 9.03. The monoisotopic (exact) mass is 485 g/mol. The fourth-order valence-corrected chi connectivity index (χ4v) is 7.20. The highest BCUT2D eigenvalue weighted by molar-refractivity contribution is 7.92. The standard InChI is InChI=1S/C19H20ClN3O4S3/c1-2-7-23-18(20)17(29-19(23)22-30(26,27)15-4-3-8-28-15)16-12-10-14(25)13(24)9-11(12)5-6-21-16/h3-4,8-10,16,21,24-25H,2,5-7H2,1H3. The minimum Gasteiger partial charge on any atom is -0.504 e. The van der Waals surface area contributed by atoms with E-state index < -0.39 is 10.0 Å². The third-order valence-corrected chi connectivity index (χ3v) is 9.24. The van der Waals surface area contributed by atoms with Crippen LogP contribution in [0.1, 0.15) is 35.4 Å². The number of fused-ring (bicyclic) bond motifs is 1. The normalized spacial score (nSPS) is 17.3. The third kappa shape index (κ3) is 3.90. The Morgan fingerprint density at radius 2 is 2.10 bits per heavy atom. The predicted octanol–water partition coefficient (Wildman–Crippen LogP) is 3.61. The van der Waals surface area contributed by atoms with Crippen molar-refractivity contribution < 1.29 is 18.6 Å². The number of aromatic nitrogens is 1. The number of nitrogens with one attached hydrogen (secondary N) is 1. The van der Waals surface area contributed by atoms with Gasteiger partial charge in [-0.1, -0.05) is 35.9 Å². The molecule has 0 fully saturated rings. The van der Waals surface area contributed by atoms with Crippen molar-refractivity contribution in [2.75, 3.05) is 6.54 Å². The highest BCUT2D eigenvalue weighted by Crippen LogP contribution is 2.39. The molecule has 1 unspecified atom stereocenters. The number of nitrogens with zero attached hydrogens (tertiary/aromatic N) is 2. The number of rotatable bonds is 5. The van der Waals surface area contributed by atoms with Gasteiger partial charge < -0.3 is 20.1 Å². The van der Waals surface area contributed by atoms with Crippen LogP contribution in [-0.4, -0.2) is 29.7 Å². The third-order valence-electron chi connectivity index (χ3n) is 4.82. The molecule has 0 saturated heterocycles. The van der Waals surface area contributed by atoms with Gasteiger partial charge in [0.2, 0.25) is 4.80 Å². The summed E-state index contributed by atoms with van der Waals surface area (Å²) in [6, 6.07) is 5.95. The number of thiazole rings is 1. The molecule has 3 N–H and O–H groups in total. The first kappa shape index (κ1) is 21.4. The summed E-state index contributed by atoms with van der Waals surface area (Å²) in [4.78, 5) is 1.03. The summed E-state index contributed by atoms with van der Waals surface area (Å²) in [7, 11) is -3.84. The maximum atomic E-state index is 12.7. The number of aromatic hydroxyl groups is 2. The highest BCUT2D eigenvalue weighted by Gasteiger charge is 2.28. The summed E-state index contributed by atoms with van der Waals surface area (Å²) < 4.78 is 31.4. The van der Waals surface area contributed by atoms with Crippen molar-refractivity contribution in [2.45, 2.75) is 36.6 Å². The maximum absolute atomic E-state index is 12.7. The number of sulfonamides is 1. The van der Waals surface area contributed by atoms with Gasteiger partial charge in [-0.2, -0.15) is 8.42 Å². The second-order valence-corrected chi connectivity index (χ2v) is 11.0. The molecule has 11 heteroatoms. The van der Waals surface area contributed by atoms with Gasteiger partial charge in [0.05, 0.1) is 10.9 Å². The number of halogens is 1. The molecule has 1 aliphatic rings. The molecule has 2 aromatic heterocycles. The van der Waals surface area contributed by atoms with Crippen LogP contribution in [0, 0.1) is 0 Å². The van der Waals surface area contributed by atoms with Gasteiger partial charge in [-0.25, -0.2) is 0 Å². The van der Waals surface area contributed by atoms with Gasteiger partial charge in [-0.3, -0.25) is 0 Å². The fraction of sp³-hybridized carbons (Fsp3) is 0.316. The number of benzene rings is 1. The summed E-state index contributed by atoms with van der Waals surface area (Å²) in [6.07, 6.45) is 1.45. The van der Waals surface area contributed by atoms with Crippen molar-refractivity contribution in [3.8, 4) is 11.5 Å². The van der Waals surface area contributed by atoms with E-state index in [-0.39, 0.29) is 21.8 Å². The minimum atomic E-state index is -3.84. The Bertz CT molecular complexity index is 1250. The number of thiophene rings is 1. The van der Waals surface area contributed by atoms with E-state index in [1.807, 2.05) is 6.92 Å². The van der Waals surface area contributed by atoms with E-state index in [4.69, 9.17) is 11.6 Å². The van der Waals surface area contributed by atoms with Crippen LogP contribution in [0.3, 0.4) is 0 Å². The molecule has 0 radical (unpaired) electrons. The van der Waals surface area contributed by atoms with Gasteiger partial charge in [-0.05, 0) is 47.5 Å². The Kier molecular flexibility index (Phi) is 5.95. The van der Waals surface area contributed by atoms with E-state index in [0.717, 1.165) is 33.8 Å². The van der Waals surface area contributed by atoms with Crippen molar-refractivity contribution >= 4 is 44.3 Å². The Balaban J connectivity index is 1.87. The lowest BCUT2D eigenvalue weighted by atomic mass is 9.93. The average molecular weight is 486 g/mol. The van der Waals surface area contributed by atoms with Gasteiger partial charge in [0.25, 0.3) is 10.0 Å². The molecule has 0 spiro atoms. The second-order valence-electron chi connectivity index (χ2n) is 6.87. The quantitative estimate of drug-likeness (QED) is 0.479. The zero-order valence-corrected chi connectivity index (χ0v) is 19.2. The second kappa shape index (κ2) is 8.35. The molecular formula is C19H20ClN3O4S3. The van der Waals surface area contributed by atoms with E-state index in [2.05, 4.69) is 9.71 Å².